The number of nitrogens with zero attached hydrogens (tertiary/aromatic N) is 1. The molecule has 0 bridgehead atoms. The number of halogens is 1. The summed E-state index contributed by atoms with van der Waals surface area (Å²) in [5, 5.41) is 22.7. The maximum Gasteiger partial charge on any atom is 0.320 e. The Morgan fingerprint density at radius 3 is 2.74 bits per heavy atom. The smallest absolute Gasteiger partial charge is 0.320 e. The molecule has 0 fully saturated rings. The van der Waals surface area contributed by atoms with Gasteiger partial charge in [-0.2, -0.15) is 5.26 Å². The highest BCUT2D eigenvalue weighted by atomic mass is 35.5. The van der Waals surface area contributed by atoms with E-state index in [1.807, 2.05) is 6.07 Å². The lowest BCUT2D eigenvalue weighted by atomic mass is 10.2. The number of hydrogen-bond donors (Lipinski definition) is 3. The molecule has 19 heavy (non-hydrogen) atoms. The van der Waals surface area contributed by atoms with Crippen molar-refractivity contribution in [3.63, 3.8) is 0 Å². The number of nitrogens with one attached hydrogen (secondary N) is 2. The van der Waals surface area contributed by atoms with Crippen molar-refractivity contribution < 1.29 is 14.7 Å². The summed E-state index contributed by atoms with van der Waals surface area (Å²) in [6, 6.07) is 5.59. The molecular formula is C12H12ClN3O3. The third-order valence-corrected chi connectivity index (χ3v) is 2.63. The Balaban J connectivity index is 2.56. The molecule has 1 amide bonds. The zero-order valence-corrected chi connectivity index (χ0v) is 10.9. The molecule has 1 aromatic carbocycles. The number of carbonyl (C=O) groups is 2. The highest BCUT2D eigenvalue weighted by molar-refractivity contribution is 6.32. The fourth-order valence-electron chi connectivity index (χ4n) is 1.22. The van der Waals surface area contributed by atoms with Crippen molar-refractivity contribution in [1.82, 2.24) is 5.32 Å². The first-order valence-electron chi connectivity index (χ1n) is 5.39. The van der Waals surface area contributed by atoms with Gasteiger partial charge in [-0.15, -0.1) is 0 Å². The van der Waals surface area contributed by atoms with Gasteiger partial charge in [-0.05, 0) is 25.1 Å². The maximum absolute atomic E-state index is 11.5. The first-order chi connectivity index (χ1) is 8.93. The summed E-state index contributed by atoms with van der Waals surface area (Å²) in [6.45, 7) is 1.30. The van der Waals surface area contributed by atoms with Crippen molar-refractivity contribution in [1.29, 1.82) is 5.26 Å². The van der Waals surface area contributed by atoms with E-state index in [1.165, 1.54) is 19.1 Å². The number of rotatable bonds is 5. The maximum atomic E-state index is 11.5. The van der Waals surface area contributed by atoms with Gasteiger partial charge in [0.1, 0.15) is 12.1 Å². The van der Waals surface area contributed by atoms with Gasteiger partial charge in [0.2, 0.25) is 5.91 Å². The van der Waals surface area contributed by atoms with Gasteiger partial charge < -0.3 is 10.4 Å². The van der Waals surface area contributed by atoms with Gasteiger partial charge in [0.05, 0.1) is 17.1 Å². The Kier molecular flexibility index (Phi) is 5.30. The van der Waals surface area contributed by atoms with Crippen LogP contribution in [0.25, 0.3) is 0 Å². The van der Waals surface area contributed by atoms with Crippen LogP contribution < -0.4 is 10.6 Å². The minimum Gasteiger partial charge on any atom is -0.480 e. The van der Waals surface area contributed by atoms with Crippen molar-refractivity contribution in [3.8, 4) is 6.07 Å². The molecule has 0 radical (unpaired) electrons. The number of amides is 1. The van der Waals surface area contributed by atoms with Crippen LogP contribution in [0.1, 0.15) is 12.5 Å². The zero-order valence-electron chi connectivity index (χ0n) is 10.1. The van der Waals surface area contributed by atoms with Crippen LogP contribution >= 0.6 is 11.6 Å². The molecular weight excluding hydrogens is 270 g/mol. The summed E-state index contributed by atoms with van der Waals surface area (Å²) in [7, 11) is 0. The summed E-state index contributed by atoms with van der Waals surface area (Å²) in [6.07, 6.45) is 0. The van der Waals surface area contributed by atoms with Crippen molar-refractivity contribution in [2.24, 2.45) is 0 Å². The standard InChI is InChI=1S/C12H12ClN3O3/c1-7(12(18)19)15-6-11(17)16-9-3-2-8(5-14)10(13)4-9/h2-4,7,15H,6H2,1H3,(H,16,17)(H,18,19)/t7-/m0/s1. The number of carboxylic acids is 1. The SMILES string of the molecule is C[C@H](NCC(=O)Nc1ccc(C#N)c(Cl)c1)C(=O)O. The fourth-order valence-corrected chi connectivity index (χ4v) is 1.44. The van der Waals surface area contributed by atoms with Crippen LogP contribution in [-0.4, -0.2) is 29.6 Å². The van der Waals surface area contributed by atoms with Crippen LogP contribution in [-0.2, 0) is 9.59 Å². The second-order valence-corrected chi connectivity index (χ2v) is 4.20. The van der Waals surface area contributed by atoms with Crippen LogP contribution in [0.3, 0.4) is 0 Å². The minimum atomic E-state index is -1.03. The molecule has 0 spiro atoms. The third-order valence-electron chi connectivity index (χ3n) is 2.31. The number of nitriles is 1. The molecule has 6 nitrogen and oxygen atoms in total. The van der Waals surface area contributed by atoms with Crippen LogP contribution in [0, 0.1) is 11.3 Å². The Morgan fingerprint density at radius 2 is 2.21 bits per heavy atom. The quantitative estimate of drug-likeness (QED) is 0.753. The average molecular weight is 282 g/mol. The summed E-state index contributed by atoms with van der Waals surface area (Å²) in [5.74, 6) is -1.43. The average Bonchev–Trinajstić information content (AvgIpc) is 2.36. The van der Waals surface area contributed by atoms with Gasteiger partial charge in [-0.25, -0.2) is 0 Å². The van der Waals surface area contributed by atoms with Crippen molar-refractivity contribution in [2.45, 2.75) is 13.0 Å². The van der Waals surface area contributed by atoms with Crippen molar-refractivity contribution >= 4 is 29.2 Å². The lowest BCUT2D eigenvalue weighted by Gasteiger charge is -2.10. The predicted molar refractivity (Wildman–Crippen MR) is 69.9 cm³/mol. The summed E-state index contributed by atoms with van der Waals surface area (Å²) in [5.41, 5.74) is 0.760. The first-order valence-corrected chi connectivity index (χ1v) is 5.77. The Morgan fingerprint density at radius 1 is 1.53 bits per heavy atom. The predicted octanol–water partition coefficient (Wildman–Crippen LogP) is 1.21. The first kappa shape index (κ1) is 15.0. The molecule has 0 heterocycles. The van der Waals surface area contributed by atoms with E-state index in [0.717, 1.165) is 0 Å². The molecule has 0 saturated heterocycles. The van der Waals surface area contributed by atoms with Crippen LogP contribution in [0.2, 0.25) is 5.02 Å². The van der Waals surface area contributed by atoms with E-state index in [1.54, 1.807) is 6.07 Å². The van der Waals surface area contributed by atoms with Gasteiger partial charge in [-0.3, -0.25) is 14.9 Å². The highest BCUT2D eigenvalue weighted by Gasteiger charge is 2.12. The highest BCUT2D eigenvalue weighted by Crippen LogP contribution is 2.19. The molecule has 0 aliphatic rings. The number of aliphatic carboxylic acids is 1. The monoisotopic (exact) mass is 281 g/mol. The summed E-state index contributed by atoms with van der Waals surface area (Å²) >= 11 is 5.81. The van der Waals surface area contributed by atoms with Gasteiger partial charge in [0.15, 0.2) is 0 Å². The van der Waals surface area contributed by atoms with Crippen LogP contribution in [0.15, 0.2) is 18.2 Å². The van der Waals surface area contributed by atoms with Crippen molar-refractivity contribution in [2.75, 3.05) is 11.9 Å². The second-order valence-electron chi connectivity index (χ2n) is 3.80. The summed E-state index contributed by atoms with van der Waals surface area (Å²) in [4.78, 5) is 22.1. The molecule has 0 unspecified atom stereocenters. The van der Waals surface area contributed by atoms with E-state index in [0.29, 0.717) is 11.3 Å². The molecule has 0 aliphatic carbocycles. The van der Waals surface area contributed by atoms with Gasteiger partial charge in [0.25, 0.3) is 0 Å². The van der Waals surface area contributed by atoms with E-state index >= 15 is 0 Å². The molecule has 0 saturated carbocycles. The number of carboxylic acid groups (broad SMARTS) is 1. The second kappa shape index (κ2) is 6.73. The molecule has 7 heteroatoms. The molecule has 0 aliphatic heterocycles. The Labute approximate surface area is 115 Å². The molecule has 0 aromatic heterocycles. The molecule has 100 valence electrons. The fraction of sp³-hybridized carbons (Fsp3) is 0.250. The molecule has 1 rings (SSSR count). The van der Waals surface area contributed by atoms with E-state index in [-0.39, 0.29) is 11.6 Å². The number of anilines is 1. The lowest BCUT2D eigenvalue weighted by molar-refractivity contribution is -0.139. The third kappa shape index (κ3) is 4.58. The van der Waals surface area contributed by atoms with Crippen LogP contribution in [0.5, 0.6) is 0 Å². The lowest BCUT2D eigenvalue weighted by Crippen LogP contribution is -2.39. The Hall–Kier alpha value is -2.10. The van der Waals surface area contributed by atoms with E-state index in [2.05, 4.69) is 10.6 Å². The minimum absolute atomic E-state index is 0.134. The number of benzene rings is 1. The van der Waals surface area contributed by atoms with Crippen LogP contribution in [0.4, 0.5) is 5.69 Å². The van der Waals surface area contributed by atoms with Gasteiger partial charge >= 0.3 is 5.97 Å². The normalized spacial score (nSPS) is 11.4. The zero-order chi connectivity index (χ0) is 14.4. The molecule has 1 aromatic rings. The number of hydrogen-bond acceptors (Lipinski definition) is 4. The van der Waals surface area contributed by atoms with E-state index in [4.69, 9.17) is 22.0 Å². The molecule has 3 N–H and O–H groups in total. The van der Waals surface area contributed by atoms with Gasteiger partial charge in [0, 0.05) is 5.69 Å². The van der Waals surface area contributed by atoms with Crippen molar-refractivity contribution in [3.05, 3.63) is 28.8 Å². The Bertz CT molecular complexity index is 540. The molecule has 1 atom stereocenters. The number of carbonyl (C=O) groups excluding carboxylic acids is 1. The topological polar surface area (TPSA) is 102 Å². The van der Waals surface area contributed by atoms with E-state index < -0.39 is 17.9 Å². The largest absolute Gasteiger partial charge is 0.480 e. The van der Waals surface area contributed by atoms with E-state index in [9.17, 15) is 9.59 Å². The summed E-state index contributed by atoms with van der Waals surface area (Å²) < 4.78 is 0. The van der Waals surface area contributed by atoms with Gasteiger partial charge in [-0.1, -0.05) is 11.6 Å².